The number of aliphatic imine (C=N–C) groups is 1. The fourth-order valence-electron chi connectivity index (χ4n) is 2.08. The molecule has 2 aromatic carbocycles. The lowest BCUT2D eigenvalue weighted by Crippen LogP contribution is -2.23. The van der Waals surface area contributed by atoms with Gasteiger partial charge in [0, 0.05) is 6.07 Å². The summed E-state index contributed by atoms with van der Waals surface area (Å²) in [4.78, 5) is 4.24. The van der Waals surface area contributed by atoms with Gasteiger partial charge in [0.25, 0.3) is 0 Å². The molecule has 0 spiro atoms. The van der Waals surface area contributed by atoms with Gasteiger partial charge in [0.15, 0.2) is 5.96 Å². The Morgan fingerprint density at radius 1 is 1.08 bits per heavy atom. The number of methoxy groups -OCH3 is 2. The molecule has 3 N–H and O–H groups in total. The van der Waals surface area contributed by atoms with Crippen molar-refractivity contribution in [3.05, 3.63) is 54.1 Å². The second-order valence-electron chi connectivity index (χ2n) is 5.00. The third kappa shape index (κ3) is 5.48. The minimum Gasteiger partial charge on any atom is -0.497 e. The first-order chi connectivity index (χ1) is 11.7. The van der Waals surface area contributed by atoms with Crippen molar-refractivity contribution in [3.63, 3.8) is 0 Å². The van der Waals surface area contributed by atoms with Gasteiger partial charge in [-0.05, 0) is 17.7 Å². The molecule has 6 heteroatoms. The highest BCUT2D eigenvalue weighted by Gasteiger charge is 2.05. The van der Waals surface area contributed by atoms with Crippen molar-refractivity contribution in [1.29, 1.82) is 0 Å². The number of hydrogen-bond acceptors (Lipinski definition) is 4. The topological polar surface area (TPSA) is 78.1 Å². The van der Waals surface area contributed by atoms with E-state index < -0.39 is 0 Å². The molecule has 0 aliphatic rings. The Balaban J connectivity index is 1.81. The van der Waals surface area contributed by atoms with Crippen molar-refractivity contribution >= 4 is 11.6 Å². The Morgan fingerprint density at radius 2 is 1.88 bits per heavy atom. The molecule has 0 fully saturated rings. The predicted molar refractivity (Wildman–Crippen MR) is 95.8 cm³/mol. The molecule has 0 saturated heterocycles. The van der Waals surface area contributed by atoms with E-state index in [1.807, 2.05) is 36.4 Å². The molecule has 0 amide bonds. The van der Waals surface area contributed by atoms with Crippen LogP contribution in [0, 0.1) is 0 Å². The van der Waals surface area contributed by atoms with E-state index in [-0.39, 0.29) is 0 Å². The first-order valence-corrected chi connectivity index (χ1v) is 7.63. The summed E-state index contributed by atoms with van der Waals surface area (Å²) in [6.45, 7) is 1.53. The van der Waals surface area contributed by atoms with Gasteiger partial charge in [-0.1, -0.05) is 30.3 Å². The van der Waals surface area contributed by atoms with Gasteiger partial charge in [0.1, 0.15) is 11.5 Å². The molecule has 0 bridgehead atoms. The third-order valence-electron chi connectivity index (χ3n) is 3.30. The predicted octanol–water partition coefficient (Wildman–Crippen LogP) is 2.65. The molecule has 0 radical (unpaired) electrons. The largest absolute Gasteiger partial charge is 0.497 e. The van der Waals surface area contributed by atoms with Crippen LogP contribution >= 0.6 is 0 Å². The molecule has 0 aromatic heterocycles. The highest BCUT2D eigenvalue weighted by Crippen LogP contribution is 2.28. The van der Waals surface area contributed by atoms with E-state index in [0.717, 1.165) is 5.56 Å². The third-order valence-corrected chi connectivity index (χ3v) is 3.30. The summed E-state index contributed by atoms with van der Waals surface area (Å²) in [5, 5.41) is 3.01. The van der Waals surface area contributed by atoms with Crippen LogP contribution in [0.15, 0.2) is 53.5 Å². The molecule has 6 nitrogen and oxygen atoms in total. The number of anilines is 1. The van der Waals surface area contributed by atoms with Crippen LogP contribution in [-0.4, -0.2) is 33.3 Å². The summed E-state index contributed by atoms with van der Waals surface area (Å²) in [5.74, 6) is 1.66. The maximum atomic E-state index is 5.90. The Bertz CT molecular complexity index is 660. The minimum atomic E-state index is 0.296. The van der Waals surface area contributed by atoms with E-state index in [1.54, 1.807) is 26.4 Å². The van der Waals surface area contributed by atoms with Crippen LogP contribution in [0.1, 0.15) is 5.56 Å². The summed E-state index contributed by atoms with van der Waals surface area (Å²) >= 11 is 0. The summed E-state index contributed by atoms with van der Waals surface area (Å²) < 4.78 is 16.0. The van der Waals surface area contributed by atoms with Crippen molar-refractivity contribution in [2.75, 3.05) is 32.7 Å². The van der Waals surface area contributed by atoms with Gasteiger partial charge in [-0.2, -0.15) is 0 Å². The Hall–Kier alpha value is -2.73. The van der Waals surface area contributed by atoms with Gasteiger partial charge in [-0.15, -0.1) is 0 Å². The van der Waals surface area contributed by atoms with Crippen LogP contribution in [0.2, 0.25) is 0 Å². The van der Waals surface area contributed by atoms with E-state index in [9.17, 15) is 0 Å². The average molecular weight is 329 g/mol. The van der Waals surface area contributed by atoms with Crippen molar-refractivity contribution in [2.45, 2.75) is 6.61 Å². The van der Waals surface area contributed by atoms with E-state index >= 15 is 0 Å². The lowest BCUT2D eigenvalue weighted by atomic mass is 10.2. The van der Waals surface area contributed by atoms with Gasteiger partial charge < -0.3 is 25.3 Å². The van der Waals surface area contributed by atoms with Gasteiger partial charge >= 0.3 is 0 Å². The lowest BCUT2D eigenvalue weighted by Gasteiger charge is -2.12. The maximum absolute atomic E-state index is 5.90. The van der Waals surface area contributed by atoms with Crippen molar-refractivity contribution in [1.82, 2.24) is 0 Å². The molecule has 0 aliphatic carbocycles. The Labute approximate surface area is 142 Å². The zero-order valence-electron chi connectivity index (χ0n) is 14.0. The van der Waals surface area contributed by atoms with Crippen molar-refractivity contribution in [2.24, 2.45) is 10.7 Å². The summed E-state index contributed by atoms with van der Waals surface area (Å²) in [6.07, 6.45) is 0. The number of ether oxygens (including phenoxy) is 3. The van der Waals surface area contributed by atoms with Crippen molar-refractivity contribution in [3.8, 4) is 11.5 Å². The number of hydrogen-bond donors (Lipinski definition) is 2. The number of nitrogens with zero attached hydrogens (tertiary/aromatic N) is 1. The van der Waals surface area contributed by atoms with Crippen LogP contribution in [-0.2, 0) is 11.3 Å². The average Bonchev–Trinajstić information content (AvgIpc) is 2.62. The van der Waals surface area contributed by atoms with Crippen LogP contribution < -0.4 is 20.5 Å². The fraction of sp³-hybridized carbons (Fsp3) is 0.278. The zero-order chi connectivity index (χ0) is 17.2. The van der Waals surface area contributed by atoms with Gasteiger partial charge in [0.05, 0.1) is 39.7 Å². The van der Waals surface area contributed by atoms with E-state index in [1.165, 1.54) is 0 Å². The normalized spacial score (nSPS) is 11.2. The molecule has 0 heterocycles. The SMILES string of the molecule is COc1ccc(OC)c(NC(N)=NCCOCc2ccccc2)c1. The number of benzene rings is 2. The summed E-state index contributed by atoms with van der Waals surface area (Å²) in [7, 11) is 3.20. The summed E-state index contributed by atoms with van der Waals surface area (Å²) in [6, 6.07) is 15.4. The molecule has 128 valence electrons. The molecule has 2 rings (SSSR count). The molecular weight excluding hydrogens is 306 g/mol. The Kier molecular flexibility index (Phi) is 6.91. The smallest absolute Gasteiger partial charge is 0.193 e. The molecule has 2 aromatic rings. The number of guanidine groups is 1. The zero-order valence-corrected chi connectivity index (χ0v) is 14.0. The molecule has 24 heavy (non-hydrogen) atoms. The first-order valence-electron chi connectivity index (χ1n) is 7.63. The van der Waals surface area contributed by atoms with Gasteiger partial charge in [-0.3, -0.25) is 4.99 Å². The van der Waals surface area contributed by atoms with E-state index in [0.29, 0.717) is 42.9 Å². The van der Waals surface area contributed by atoms with E-state index in [4.69, 9.17) is 19.9 Å². The Morgan fingerprint density at radius 3 is 2.58 bits per heavy atom. The van der Waals surface area contributed by atoms with Crippen LogP contribution in [0.3, 0.4) is 0 Å². The quantitative estimate of drug-likeness (QED) is 0.442. The second-order valence-corrected chi connectivity index (χ2v) is 5.00. The molecular formula is C18H23N3O3. The standard InChI is InChI=1S/C18H23N3O3/c1-22-15-8-9-17(23-2)16(12-15)21-18(19)20-10-11-24-13-14-6-4-3-5-7-14/h3-9,12H,10-11,13H2,1-2H3,(H3,19,20,21). The van der Waals surface area contributed by atoms with Crippen LogP contribution in [0.5, 0.6) is 11.5 Å². The van der Waals surface area contributed by atoms with Crippen molar-refractivity contribution < 1.29 is 14.2 Å². The van der Waals surface area contributed by atoms with Gasteiger partial charge in [0.2, 0.25) is 0 Å². The highest BCUT2D eigenvalue weighted by atomic mass is 16.5. The minimum absolute atomic E-state index is 0.296. The highest BCUT2D eigenvalue weighted by molar-refractivity contribution is 5.94. The molecule has 0 atom stereocenters. The molecule has 0 aliphatic heterocycles. The fourth-order valence-corrected chi connectivity index (χ4v) is 2.08. The lowest BCUT2D eigenvalue weighted by molar-refractivity contribution is 0.128. The second kappa shape index (κ2) is 9.42. The number of nitrogens with one attached hydrogen (secondary N) is 1. The summed E-state index contributed by atoms with van der Waals surface area (Å²) in [5.41, 5.74) is 7.73. The number of nitrogens with two attached hydrogens (primary N) is 1. The monoisotopic (exact) mass is 329 g/mol. The molecule has 0 unspecified atom stereocenters. The maximum Gasteiger partial charge on any atom is 0.193 e. The van der Waals surface area contributed by atoms with Crippen LogP contribution in [0.4, 0.5) is 5.69 Å². The van der Waals surface area contributed by atoms with Gasteiger partial charge in [-0.25, -0.2) is 0 Å². The van der Waals surface area contributed by atoms with Crippen LogP contribution in [0.25, 0.3) is 0 Å². The first kappa shape index (κ1) is 17.6. The number of rotatable bonds is 8. The van der Waals surface area contributed by atoms with E-state index in [2.05, 4.69) is 10.3 Å². The molecule has 0 saturated carbocycles.